The van der Waals surface area contributed by atoms with E-state index in [4.69, 9.17) is 11.6 Å². The Morgan fingerprint density at radius 3 is 2.14 bits per heavy atom. The SMILES string of the molecule is Clc1ccc2c(c1)c1ccccc1n2-c1ccc2c(c1)-c1ccccc1C21C2CC3CC(C2)CC1C3. The fraction of sp³-hybridized carbons (Fsp3) is 0.294. The lowest BCUT2D eigenvalue weighted by molar-refractivity contribution is -0.0399. The first-order chi connectivity index (χ1) is 17.7. The number of halogens is 1. The summed E-state index contributed by atoms with van der Waals surface area (Å²) in [6.07, 6.45) is 7.20. The van der Waals surface area contributed by atoms with Crippen LogP contribution in [0.15, 0.2) is 84.9 Å². The van der Waals surface area contributed by atoms with Crippen LogP contribution in [0.2, 0.25) is 5.02 Å². The summed E-state index contributed by atoms with van der Waals surface area (Å²) in [6, 6.07) is 31.8. The standard InChI is InChI=1S/C34H28ClN/c35-24-9-12-33-29(18-24)27-6-2-4-8-32(27)36(33)25-10-11-31-28(19-25)26-5-1-3-7-30(26)34(31)22-14-20-13-21(16-22)17-23(34)15-20/h1-12,18-23H,13-17H2. The molecule has 0 unspecified atom stereocenters. The molecule has 4 saturated carbocycles. The molecule has 5 aliphatic carbocycles. The summed E-state index contributed by atoms with van der Waals surface area (Å²) in [5.41, 5.74) is 10.1. The van der Waals surface area contributed by atoms with Crippen molar-refractivity contribution in [2.24, 2.45) is 23.7 Å². The van der Waals surface area contributed by atoms with Crippen molar-refractivity contribution >= 4 is 33.4 Å². The maximum absolute atomic E-state index is 6.44. The minimum absolute atomic E-state index is 0.228. The Morgan fingerprint density at radius 2 is 1.31 bits per heavy atom. The number of fused-ring (bicyclic) bond motifs is 6. The van der Waals surface area contributed by atoms with Gasteiger partial charge in [-0.3, -0.25) is 0 Å². The maximum atomic E-state index is 6.44. The third kappa shape index (κ3) is 2.34. The summed E-state index contributed by atoms with van der Waals surface area (Å²) in [6.45, 7) is 0. The Bertz CT molecular complexity index is 1690. The highest BCUT2D eigenvalue weighted by Gasteiger charge is 2.61. The largest absolute Gasteiger partial charge is 0.309 e. The highest BCUT2D eigenvalue weighted by atomic mass is 35.5. The van der Waals surface area contributed by atoms with Gasteiger partial charge in [0.25, 0.3) is 0 Å². The van der Waals surface area contributed by atoms with E-state index in [1.807, 2.05) is 6.07 Å². The van der Waals surface area contributed by atoms with Crippen molar-refractivity contribution in [2.75, 3.05) is 0 Å². The quantitative estimate of drug-likeness (QED) is 0.223. The lowest BCUT2D eigenvalue weighted by atomic mass is 9.43. The van der Waals surface area contributed by atoms with Crippen LogP contribution in [0.4, 0.5) is 0 Å². The highest BCUT2D eigenvalue weighted by molar-refractivity contribution is 6.32. The fourth-order valence-electron chi connectivity index (χ4n) is 9.51. The molecule has 4 fully saturated rings. The molecular weight excluding hydrogens is 458 g/mol. The minimum atomic E-state index is 0.228. The van der Waals surface area contributed by atoms with Gasteiger partial charge < -0.3 is 4.57 Å². The van der Waals surface area contributed by atoms with Gasteiger partial charge in [0.05, 0.1) is 11.0 Å². The predicted octanol–water partition coefficient (Wildman–Crippen LogP) is 9.16. The Morgan fingerprint density at radius 1 is 0.611 bits per heavy atom. The molecule has 5 aromatic rings. The summed E-state index contributed by atoms with van der Waals surface area (Å²) in [5, 5.41) is 3.27. The number of nitrogens with zero attached hydrogens (tertiary/aromatic N) is 1. The first-order valence-corrected chi connectivity index (χ1v) is 14.0. The predicted molar refractivity (Wildman–Crippen MR) is 149 cm³/mol. The summed E-state index contributed by atoms with van der Waals surface area (Å²) in [4.78, 5) is 0. The van der Waals surface area contributed by atoms with Crippen molar-refractivity contribution in [1.82, 2.24) is 4.57 Å². The first kappa shape index (κ1) is 20.1. The molecule has 0 aliphatic heterocycles. The molecule has 0 atom stereocenters. The van der Waals surface area contributed by atoms with Crippen LogP contribution in [0.25, 0.3) is 38.6 Å². The molecule has 1 nitrogen and oxygen atoms in total. The number of benzene rings is 4. The van der Waals surface area contributed by atoms with Crippen LogP contribution in [0.1, 0.15) is 43.2 Å². The molecule has 0 N–H and O–H groups in total. The molecule has 176 valence electrons. The molecule has 0 amide bonds. The van der Waals surface area contributed by atoms with Crippen molar-refractivity contribution in [1.29, 1.82) is 0 Å². The summed E-state index contributed by atoms with van der Waals surface area (Å²) >= 11 is 6.44. The molecule has 36 heavy (non-hydrogen) atoms. The Balaban J connectivity index is 1.32. The third-order valence-electron chi connectivity index (χ3n) is 10.4. The van der Waals surface area contributed by atoms with E-state index in [-0.39, 0.29) is 5.41 Å². The molecule has 2 heteroatoms. The van der Waals surface area contributed by atoms with E-state index in [9.17, 15) is 0 Å². The Labute approximate surface area is 216 Å². The normalized spacial score (nSPS) is 29.4. The Kier molecular flexibility index (Phi) is 3.81. The van der Waals surface area contributed by atoms with Gasteiger partial charge in [-0.1, -0.05) is 60.1 Å². The van der Waals surface area contributed by atoms with Crippen LogP contribution < -0.4 is 0 Å². The van der Waals surface area contributed by atoms with E-state index in [1.54, 1.807) is 11.1 Å². The number of para-hydroxylation sites is 1. The molecular formula is C34H28ClN. The molecule has 1 spiro atoms. The van der Waals surface area contributed by atoms with Gasteiger partial charge in [-0.25, -0.2) is 0 Å². The molecule has 0 radical (unpaired) electrons. The van der Waals surface area contributed by atoms with Crippen molar-refractivity contribution in [3.05, 3.63) is 101 Å². The highest BCUT2D eigenvalue weighted by Crippen LogP contribution is 2.69. The second kappa shape index (κ2) is 6.84. The lowest BCUT2D eigenvalue weighted by Gasteiger charge is -2.61. The van der Waals surface area contributed by atoms with E-state index in [0.717, 1.165) is 28.7 Å². The molecule has 4 bridgehead atoms. The van der Waals surface area contributed by atoms with Crippen molar-refractivity contribution in [2.45, 2.75) is 37.5 Å². The van der Waals surface area contributed by atoms with Gasteiger partial charge in [-0.2, -0.15) is 0 Å². The number of aromatic nitrogens is 1. The molecule has 5 aliphatic rings. The second-order valence-electron chi connectivity index (χ2n) is 12.0. The van der Waals surface area contributed by atoms with E-state index in [2.05, 4.69) is 83.4 Å². The zero-order chi connectivity index (χ0) is 23.6. The minimum Gasteiger partial charge on any atom is -0.309 e. The average molecular weight is 486 g/mol. The van der Waals surface area contributed by atoms with Crippen LogP contribution in [0, 0.1) is 23.7 Å². The van der Waals surface area contributed by atoms with Crippen molar-refractivity contribution in [3.8, 4) is 16.8 Å². The summed E-state index contributed by atoms with van der Waals surface area (Å²) < 4.78 is 2.44. The molecule has 1 aromatic heterocycles. The van der Waals surface area contributed by atoms with Gasteiger partial charge in [-0.15, -0.1) is 0 Å². The van der Waals surface area contributed by atoms with Gasteiger partial charge in [-0.05, 0) is 114 Å². The molecule has 1 heterocycles. The maximum Gasteiger partial charge on any atom is 0.0542 e. The van der Waals surface area contributed by atoms with E-state index >= 15 is 0 Å². The average Bonchev–Trinajstić information content (AvgIpc) is 3.37. The zero-order valence-corrected chi connectivity index (χ0v) is 21.0. The number of rotatable bonds is 1. The van der Waals surface area contributed by atoms with Crippen LogP contribution in [0.5, 0.6) is 0 Å². The van der Waals surface area contributed by atoms with E-state index < -0.39 is 0 Å². The smallest absolute Gasteiger partial charge is 0.0542 e. The second-order valence-corrected chi connectivity index (χ2v) is 12.4. The van der Waals surface area contributed by atoms with E-state index in [0.29, 0.717) is 0 Å². The zero-order valence-electron chi connectivity index (χ0n) is 20.3. The fourth-order valence-corrected chi connectivity index (χ4v) is 9.68. The first-order valence-electron chi connectivity index (χ1n) is 13.7. The van der Waals surface area contributed by atoms with Gasteiger partial charge in [0.1, 0.15) is 0 Å². The topological polar surface area (TPSA) is 4.93 Å². The van der Waals surface area contributed by atoms with Crippen LogP contribution in [-0.4, -0.2) is 4.57 Å². The van der Waals surface area contributed by atoms with Crippen molar-refractivity contribution in [3.63, 3.8) is 0 Å². The molecule has 4 aromatic carbocycles. The van der Waals surface area contributed by atoms with E-state index in [1.165, 1.54) is 70.7 Å². The lowest BCUT2D eigenvalue weighted by Crippen LogP contribution is -2.55. The van der Waals surface area contributed by atoms with Crippen LogP contribution in [-0.2, 0) is 5.41 Å². The molecule has 0 saturated heterocycles. The van der Waals surface area contributed by atoms with Crippen LogP contribution >= 0.6 is 11.6 Å². The monoisotopic (exact) mass is 485 g/mol. The van der Waals surface area contributed by atoms with Gasteiger partial charge in [0, 0.05) is 26.9 Å². The van der Waals surface area contributed by atoms with Gasteiger partial charge in [0.15, 0.2) is 0 Å². The van der Waals surface area contributed by atoms with Crippen LogP contribution in [0.3, 0.4) is 0 Å². The summed E-state index contributed by atoms with van der Waals surface area (Å²) in [5.74, 6) is 3.55. The van der Waals surface area contributed by atoms with Gasteiger partial charge >= 0.3 is 0 Å². The van der Waals surface area contributed by atoms with Crippen molar-refractivity contribution < 1.29 is 0 Å². The number of hydrogen-bond donors (Lipinski definition) is 0. The van der Waals surface area contributed by atoms with Gasteiger partial charge in [0.2, 0.25) is 0 Å². The Hall–Kier alpha value is -3.03. The molecule has 10 rings (SSSR count). The number of hydrogen-bond acceptors (Lipinski definition) is 0. The summed E-state index contributed by atoms with van der Waals surface area (Å²) in [7, 11) is 0. The third-order valence-corrected chi connectivity index (χ3v) is 10.7.